The van der Waals surface area contributed by atoms with Crippen LogP contribution >= 0.6 is 7.82 Å². The molecule has 0 aliphatic heterocycles. The molecule has 0 heterocycles. The Bertz CT molecular complexity index is 551. The van der Waals surface area contributed by atoms with Crippen molar-refractivity contribution in [1.29, 1.82) is 0 Å². The van der Waals surface area contributed by atoms with E-state index in [0.29, 0.717) is 17.4 Å². The molecule has 0 fully saturated rings. The van der Waals surface area contributed by atoms with Crippen LogP contribution in [-0.4, -0.2) is 73.4 Å². The lowest BCUT2D eigenvalue weighted by Gasteiger charge is -2.25. The third-order valence-corrected chi connectivity index (χ3v) is 5.72. The zero-order valence-corrected chi connectivity index (χ0v) is 21.1. The van der Waals surface area contributed by atoms with E-state index >= 15 is 0 Å². The first-order valence-electron chi connectivity index (χ1n) is 11.6. The highest BCUT2D eigenvalue weighted by Crippen LogP contribution is 2.43. The van der Waals surface area contributed by atoms with Crippen molar-refractivity contribution in [1.82, 2.24) is 5.32 Å². The molecule has 3 unspecified atom stereocenters. The summed E-state index contributed by atoms with van der Waals surface area (Å²) in [6.07, 6.45) is 10.9. The van der Waals surface area contributed by atoms with Gasteiger partial charge in [-0.25, -0.2) is 4.57 Å². The highest BCUT2D eigenvalue weighted by Gasteiger charge is 2.27. The van der Waals surface area contributed by atoms with E-state index in [9.17, 15) is 19.4 Å². The number of nitrogens with zero attached hydrogens (tertiary/aromatic N) is 1. The number of hydrogen-bond donors (Lipinski definition) is 3. The summed E-state index contributed by atoms with van der Waals surface area (Å²) in [4.78, 5) is 22.2. The lowest BCUT2D eigenvalue weighted by Crippen LogP contribution is -2.45. The smallest absolute Gasteiger partial charge is 0.387 e. The van der Waals surface area contributed by atoms with Crippen LogP contribution < -0.4 is 5.32 Å². The van der Waals surface area contributed by atoms with Crippen molar-refractivity contribution in [2.24, 2.45) is 0 Å². The molecule has 3 atom stereocenters. The predicted octanol–water partition coefficient (Wildman–Crippen LogP) is 3.78. The van der Waals surface area contributed by atoms with Gasteiger partial charge in [0, 0.05) is 6.42 Å². The highest BCUT2D eigenvalue weighted by atomic mass is 31.2. The Morgan fingerprint density at radius 2 is 1.71 bits per heavy atom. The van der Waals surface area contributed by atoms with Gasteiger partial charge in [-0.2, -0.15) is 0 Å². The van der Waals surface area contributed by atoms with E-state index in [1.165, 1.54) is 19.3 Å². The quantitative estimate of drug-likeness (QED) is 0.116. The van der Waals surface area contributed by atoms with Gasteiger partial charge in [0.05, 0.1) is 39.9 Å². The van der Waals surface area contributed by atoms with Crippen LogP contribution in [0.4, 0.5) is 0 Å². The molecule has 8 nitrogen and oxygen atoms in total. The van der Waals surface area contributed by atoms with Crippen molar-refractivity contribution in [3.63, 3.8) is 0 Å². The number of amides is 1. The summed E-state index contributed by atoms with van der Waals surface area (Å²) >= 11 is 0. The van der Waals surface area contributed by atoms with E-state index in [4.69, 9.17) is 9.05 Å². The maximum atomic E-state index is 12.3. The number of phosphoric ester groups is 1. The van der Waals surface area contributed by atoms with Crippen LogP contribution in [0.1, 0.15) is 71.6 Å². The molecule has 9 heteroatoms. The first kappa shape index (κ1) is 30.2. The van der Waals surface area contributed by atoms with E-state index in [-0.39, 0.29) is 19.1 Å². The van der Waals surface area contributed by atoms with Gasteiger partial charge in [-0.3, -0.25) is 13.8 Å². The number of quaternary nitrogens is 1. The highest BCUT2D eigenvalue weighted by molar-refractivity contribution is 7.47. The fourth-order valence-corrected chi connectivity index (χ4v) is 3.48. The molecular weight excluding hydrogens is 419 g/mol. The van der Waals surface area contributed by atoms with Gasteiger partial charge in [-0.15, -0.1) is 0 Å². The number of unbranched alkanes of at least 4 members (excludes halogenated alkanes) is 6. The fourth-order valence-electron chi connectivity index (χ4n) is 2.75. The van der Waals surface area contributed by atoms with Crippen molar-refractivity contribution in [3.8, 4) is 0 Å². The van der Waals surface area contributed by atoms with Crippen molar-refractivity contribution in [3.05, 3.63) is 12.2 Å². The number of rotatable bonds is 19. The van der Waals surface area contributed by atoms with Gasteiger partial charge in [0.15, 0.2) is 0 Å². The average molecular weight is 466 g/mol. The van der Waals surface area contributed by atoms with E-state index in [1.54, 1.807) is 6.08 Å². The predicted molar refractivity (Wildman–Crippen MR) is 125 cm³/mol. The standard InChI is InChI=1S/C22H45N2O6P/c1-6-8-10-11-12-14-16-22(26)23-20(21(25)15-13-9-7-2)19-30-31(27,28)29-18-17-24(3,4)5/h13,15,20-21,25H,6-12,14,16-19H2,1-5H3,(H-,23,26,27,28)/p+1/b15-13+. The zero-order chi connectivity index (χ0) is 23.8. The Kier molecular flexibility index (Phi) is 16.4. The minimum Gasteiger partial charge on any atom is -0.387 e. The van der Waals surface area contributed by atoms with Gasteiger partial charge in [0.25, 0.3) is 0 Å². The molecule has 0 radical (unpaired) electrons. The molecule has 0 aliphatic rings. The minimum absolute atomic E-state index is 0.0608. The first-order valence-corrected chi connectivity index (χ1v) is 13.1. The lowest BCUT2D eigenvalue weighted by atomic mass is 10.1. The first-order chi connectivity index (χ1) is 14.5. The second-order valence-corrected chi connectivity index (χ2v) is 10.5. The van der Waals surface area contributed by atoms with E-state index < -0.39 is 20.0 Å². The van der Waals surface area contributed by atoms with Crippen LogP contribution in [0.2, 0.25) is 0 Å². The summed E-state index contributed by atoms with van der Waals surface area (Å²) < 4.78 is 22.8. The van der Waals surface area contributed by atoms with Gasteiger partial charge in [0.2, 0.25) is 5.91 Å². The molecule has 3 N–H and O–H groups in total. The maximum absolute atomic E-state index is 12.3. The lowest BCUT2D eigenvalue weighted by molar-refractivity contribution is -0.870. The molecule has 0 bridgehead atoms. The Morgan fingerprint density at radius 3 is 2.32 bits per heavy atom. The average Bonchev–Trinajstić information content (AvgIpc) is 2.66. The van der Waals surface area contributed by atoms with Crippen LogP contribution in [0.15, 0.2) is 12.2 Å². The second-order valence-electron chi connectivity index (χ2n) is 9.01. The zero-order valence-electron chi connectivity index (χ0n) is 20.2. The van der Waals surface area contributed by atoms with Crippen molar-refractivity contribution in [2.45, 2.75) is 83.8 Å². The summed E-state index contributed by atoms with van der Waals surface area (Å²) in [5.74, 6) is -0.203. The van der Waals surface area contributed by atoms with Gasteiger partial charge < -0.3 is 19.8 Å². The van der Waals surface area contributed by atoms with E-state index in [1.807, 2.05) is 34.1 Å². The molecule has 0 rings (SSSR count). The third-order valence-electron chi connectivity index (χ3n) is 4.74. The van der Waals surface area contributed by atoms with Crippen LogP contribution in [0.5, 0.6) is 0 Å². The number of aliphatic hydroxyl groups excluding tert-OH is 1. The number of nitrogens with one attached hydrogen (secondary N) is 1. The number of carbonyl (C=O) groups excluding carboxylic acids is 1. The molecule has 31 heavy (non-hydrogen) atoms. The molecule has 0 aromatic rings. The van der Waals surface area contributed by atoms with Crippen molar-refractivity contribution in [2.75, 3.05) is 40.9 Å². The van der Waals surface area contributed by atoms with Gasteiger partial charge in [0.1, 0.15) is 13.2 Å². The molecule has 184 valence electrons. The number of likely N-dealkylation sites (N-methyl/N-ethyl adjacent to an activating group) is 1. The molecule has 0 aromatic carbocycles. The molecule has 0 spiro atoms. The molecular formula is C22H46N2O6P+. The summed E-state index contributed by atoms with van der Waals surface area (Å²) in [6, 6.07) is -0.830. The summed E-state index contributed by atoms with van der Waals surface area (Å²) in [5.41, 5.74) is 0. The normalized spacial score (nSPS) is 16.2. The topological polar surface area (TPSA) is 105 Å². The SMILES string of the molecule is CCC/C=C/C(O)C(COP(=O)(O)OCC[N+](C)(C)C)NC(=O)CCCCCCCC. The van der Waals surface area contributed by atoms with E-state index in [2.05, 4.69) is 12.2 Å². The monoisotopic (exact) mass is 465 g/mol. The second kappa shape index (κ2) is 16.8. The molecule has 0 saturated carbocycles. The summed E-state index contributed by atoms with van der Waals surface area (Å²) in [7, 11) is 1.56. The largest absolute Gasteiger partial charge is 0.472 e. The molecule has 0 aromatic heterocycles. The minimum atomic E-state index is -4.28. The van der Waals surface area contributed by atoms with Gasteiger partial charge >= 0.3 is 7.82 Å². The van der Waals surface area contributed by atoms with Crippen LogP contribution in [-0.2, 0) is 18.4 Å². The molecule has 0 saturated heterocycles. The Balaban J connectivity index is 4.68. The summed E-state index contributed by atoms with van der Waals surface area (Å²) in [5, 5.41) is 13.2. The van der Waals surface area contributed by atoms with Gasteiger partial charge in [-0.1, -0.05) is 64.5 Å². The van der Waals surface area contributed by atoms with Crippen LogP contribution in [0.3, 0.4) is 0 Å². The third kappa shape index (κ3) is 18.5. The Hall–Kier alpha value is -0.760. The number of allylic oxidation sites excluding steroid dienone is 1. The summed E-state index contributed by atoms with van der Waals surface area (Å²) in [6.45, 7) is 4.46. The number of phosphoric acid groups is 1. The fraction of sp³-hybridized carbons (Fsp3) is 0.864. The van der Waals surface area contributed by atoms with Crippen LogP contribution in [0, 0.1) is 0 Å². The number of aliphatic hydroxyl groups is 1. The van der Waals surface area contributed by atoms with Crippen molar-refractivity contribution >= 4 is 13.7 Å². The van der Waals surface area contributed by atoms with Gasteiger partial charge in [-0.05, 0) is 12.8 Å². The molecule has 1 amide bonds. The number of carbonyl (C=O) groups is 1. The maximum Gasteiger partial charge on any atom is 0.472 e. The Morgan fingerprint density at radius 1 is 1.06 bits per heavy atom. The molecule has 0 aliphatic carbocycles. The van der Waals surface area contributed by atoms with Crippen molar-refractivity contribution < 1.29 is 32.9 Å². The van der Waals surface area contributed by atoms with Crippen LogP contribution in [0.25, 0.3) is 0 Å². The number of hydrogen-bond acceptors (Lipinski definition) is 5. The Labute approximate surface area is 189 Å². The van der Waals surface area contributed by atoms with E-state index in [0.717, 1.165) is 32.1 Å².